The van der Waals surface area contributed by atoms with Gasteiger partial charge in [-0.05, 0) is 46.3 Å². The van der Waals surface area contributed by atoms with Gasteiger partial charge in [-0.3, -0.25) is 4.79 Å². The third-order valence-electron chi connectivity index (χ3n) is 3.89. The van der Waals surface area contributed by atoms with E-state index < -0.39 is 15.4 Å². The van der Waals surface area contributed by atoms with Crippen LogP contribution in [0.1, 0.15) is 26.2 Å². The Hall–Kier alpha value is -0.660. The number of amides is 1. The molecule has 0 aromatic rings. The number of nitrogens with two attached hydrogens (primary N) is 1. The van der Waals surface area contributed by atoms with Crippen LogP contribution in [-0.2, 0) is 14.6 Å². The monoisotopic (exact) mass is 291 g/mol. The van der Waals surface area contributed by atoms with Gasteiger partial charge in [-0.1, -0.05) is 0 Å². The number of rotatable bonds is 6. The highest BCUT2D eigenvalue weighted by Gasteiger charge is 2.28. The molecule has 0 aromatic heterocycles. The second-order valence-electron chi connectivity index (χ2n) is 5.40. The molecule has 0 aromatic carbocycles. The van der Waals surface area contributed by atoms with Crippen molar-refractivity contribution in [1.82, 2.24) is 10.2 Å². The molecule has 0 bridgehead atoms. The van der Waals surface area contributed by atoms with Gasteiger partial charge in [-0.15, -0.1) is 0 Å². The second-order valence-corrected chi connectivity index (χ2v) is 7.70. The lowest BCUT2D eigenvalue weighted by molar-refractivity contribution is -0.123. The Bertz CT molecular complexity index is 410. The fourth-order valence-electron chi connectivity index (χ4n) is 2.24. The Kier molecular flexibility index (Phi) is 5.76. The molecule has 1 rings (SSSR count). The Labute approximate surface area is 115 Å². The first kappa shape index (κ1) is 16.4. The van der Waals surface area contributed by atoms with E-state index in [9.17, 15) is 13.2 Å². The SMILES string of the molecule is CNC(C)(CCCN1CCCS(=O)(=O)CC1)C(N)=O. The predicted octanol–water partition coefficient (Wildman–Crippen LogP) is -0.649. The molecule has 1 aliphatic rings. The molecule has 1 unspecified atom stereocenters. The summed E-state index contributed by atoms with van der Waals surface area (Å²) < 4.78 is 23.0. The third kappa shape index (κ3) is 5.08. The van der Waals surface area contributed by atoms with E-state index in [4.69, 9.17) is 5.73 Å². The molecular weight excluding hydrogens is 266 g/mol. The largest absolute Gasteiger partial charge is 0.368 e. The smallest absolute Gasteiger partial charge is 0.237 e. The number of carbonyl (C=O) groups is 1. The quantitative estimate of drug-likeness (QED) is 0.678. The standard InChI is InChI=1S/C12H25N3O3S/c1-12(14-2,11(13)16)5-3-6-15-7-4-9-19(17,18)10-8-15/h14H,3-10H2,1-2H3,(H2,13,16). The van der Waals surface area contributed by atoms with Crippen LogP contribution < -0.4 is 11.1 Å². The summed E-state index contributed by atoms with van der Waals surface area (Å²) in [4.78, 5) is 13.5. The summed E-state index contributed by atoms with van der Waals surface area (Å²) in [5.41, 5.74) is 4.68. The van der Waals surface area contributed by atoms with Crippen LogP contribution in [0.4, 0.5) is 0 Å². The summed E-state index contributed by atoms with van der Waals surface area (Å²) in [5.74, 6) is 0.180. The van der Waals surface area contributed by atoms with Crippen LogP contribution in [0.3, 0.4) is 0 Å². The molecule has 0 spiro atoms. The lowest BCUT2D eigenvalue weighted by atomic mass is 9.95. The first-order valence-electron chi connectivity index (χ1n) is 6.71. The molecule has 7 heteroatoms. The highest BCUT2D eigenvalue weighted by Crippen LogP contribution is 2.13. The van der Waals surface area contributed by atoms with Gasteiger partial charge in [0.2, 0.25) is 5.91 Å². The van der Waals surface area contributed by atoms with Gasteiger partial charge in [0.25, 0.3) is 0 Å². The number of hydrogen-bond acceptors (Lipinski definition) is 5. The van der Waals surface area contributed by atoms with E-state index in [1.165, 1.54) is 0 Å². The van der Waals surface area contributed by atoms with Crippen LogP contribution in [-0.4, -0.2) is 63.0 Å². The molecule has 112 valence electrons. The summed E-state index contributed by atoms with van der Waals surface area (Å²) in [5, 5.41) is 2.95. The normalized spacial score (nSPS) is 23.5. The molecule has 1 atom stereocenters. The zero-order chi connectivity index (χ0) is 14.5. The van der Waals surface area contributed by atoms with Crippen molar-refractivity contribution in [3.05, 3.63) is 0 Å². The van der Waals surface area contributed by atoms with Crippen molar-refractivity contribution < 1.29 is 13.2 Å². The Morgan fingerprint density at radius 3 is 2.63 bits per heavy atom. The molecule has 0 saturated carbocycles. The minimum atomic E-state index is -2.85. The van der Waals surface area contributed by atoms with Crippen molar-refractivity contribution in [3.8, 4) is 0 Å². The van der Waals surface area contributed by atoms with Crippen molar-refractivity contribution in [2.24, 2.45) is 5.73 Å². The maximum absolute atomic E-state index is 11.5. The fourth-order valence-corrected chi connectivity index (χ4v) is 3.55. The fraction of sp³-hybridized carbons (Fsp3) is 0.917. The van der Waals surface area contributed by atoms with Gasteiger partial charge >= 0.3 is 0 Å². The Morgan fingerprint density at radius 1 is 1.37 bits per heavy atom. The minimum absolute atomic E-state index is 0.242. The van der Waals surface area contributed by atoms with E-state index in [0.29, 0.717) is 25.1 Å². The average Bonchev–Trinajstić information content (AvgIpc) is 2.50. The zero-order valence-electron chi connectivity index (χ0n) is 11.8. The lowest BCUT2D eigenvalue weighted by Crippen LogP contribution is -2.51. The van der Waals surface area contributed by atoms with E-state index in [1.54, 1.807) is 14.0 Å². The maximum Gasteiger partial charge on any atom is 0.237 e. The van der Waals surface area contributed by atoms with Gasteiger partial charge in [0, 0.05) is 6.54 Å². The minimum Gasteiger partial charge on any atom is -0.368 e. The summed E-state index contributed by atoms with van der Waals surface area (Å²) in [7, 11) is -1.13. The van der Waals surface area contributed by atoms with Gasteiger partial charge in [-0.25, -0.2) is 8.42 Å². The lowest BCUT2D eigenvalue weighted by Gasteiger charge is -2.27. The molecule has 1 fully saturated rings. The summed E-state index contributed by atoms with van der Waals surface area (Å²) in [6.45, 7) is 4.00. The average molecular weight is 291 g/mol. The second kappa shape index (κ2) is 6.67. The van der Waals surface area contributed by atoms with Crippen LogP contribution in [0, 0.1) is 0 Å². The highest BCUT2D eigenvalue weighted by molar-refractivity contribution is 7.91. The van der Waals surface area contributed by atoms with E-state index in [0.717, 1.165) is 19.5 Å². The molecule has 1 saturated heterocycles. The van der Waals surface area contributed by atoms with Crippen molar-refractivity contribution >= 4 is 15.7 Å². The summed E-state index contributed by atoms with van der Waals surface area (Å²) in [6, 6.07) is 0. The van der Waals surface area contributed by atoms with Crippen LogP contribution in [0.25, 0.3) is 0 Å². The van der Waals surface area contributed by atoms with Crippen molar-refractivity contribution in [2.75, 3.05) is 38.2 Å². The highest BCUT2D eigenvalue weighted by atomic mass is 32.2. The summed E-state index contributed by atoms with van der Waals surface area (Å²) in [6.07, 6.45) is 2.17. The summed E-state index contributed by atoms with van der Waals surface area (Å²) >= 11 is 0. The molecule has 1 amide bonds. The molecule has 3 N–H and O–H groups in total. The van der Waals surface area contributed by atoms with Gasteiger partial charge in [0.1, 0.15) is 0 Å². The molecular formula is C12H25N3O3S. The first-order chi connectivity index (χ1) is 8.79. The van der Waals surface area contributed by atoms with Crippen LogP contribution in [0.5, 0.6) is 0 Å². The molecule has 6 nitrogen and oxygen atoms in total. The predicted molar refractivity (Wildman–Crippen MR) is 75.6 cm³/mol. The van der Waals surface area contributed by atoms with Crippen LogP contribution in [0.15, 0.2) is 0 Å². The van der Waals surface area contributed by atoms with Crippen LogP contribution in [0.2, 0.25) is 0 Å². The van der Waals surface area contributed by atoms with E-state index in [1.807, 2.05) is 0 Å². The van der Waals surface area contributed by atoms with Crippen LogP contribution >= 0.6 is 0 Å². The molecule has 0 radical (unpaired) electrons. The van der Waals surface area contributed by atoms with E-state index in [-0.39, 0.29) is 11.7 Å². The zero-order valence-corrected chi connectivity index (χ0v) is 12.6. The Balaban J connectivity index is 2.39. The maximum atomic E-state index is 11.5. The number of sulfone groups is 1. The van der Waals surface area contributed by atoms with Crippen molar-refractivity contribution in [3.63, 3.8) is 0 Å². The number of nitrogens with zero attached hydrogens (tertiary/aromatic N) is 1. The van der Waals surface area contributed by atoms with E-state index in [2.05, 4.69) is 10.2 Å². The van der Waals surface area contributed by atoms with E-state index >= 15 is 0 Å². The molecule has 1 aliphatic heterocycles. The Morgan fingerprint density at radius 2 is 2.05 bits per heavy atom. The van der Waals surface area contributed by atoms with Gasteiger partial charge in [-0.2, -0.15) is 0 Å². The molecule has 0 aliphatic carbocycles. The first-order valence-corrected chi connectivity index (χ1v) is 8.53. The third-order valence-corrected chi connectivity index (χ3v) is 5.61. The van der Waals surface area contributed by atoms with Crippen molar-refractivity contribution in [1.29, 1.82) is 0 Å². The number of primary amides is 1. The number of likely N-dealkylation sites (N-methyl/N-ethyl adjacent to an activating group) is 1. The number of hydrogen-bond donors (Lipinski definition) is 2. The van der Waals surface area contributed by atoms with Crippen molar-refractivity contribution in [2.45, 2.75) is 31.7 Å². The molecule has 1 heterocycles. The van der Waals surface area contributed by atoms with Gasteiger partial charge in [0.15, 0.2) is 9.84 Å². The molecule has 19 heavy (non-hydrogen) atoms. The topological polar surface area (TPSA) is 92.5 Å². The number of nitrogens with one attached hydrogen (secondary N) is 1. The van der Waals surface area contributed by atoms with Gasteiger partial charge < -0.3 is 16.0 Å². The van der Waals surface area contributed by atoms with Gasteiger partial charge in [0.05, 0.1) is 17.0 Å². The number of carbonyl (C=O) groups excluding carboxylic acids is 1.